The van der Waals surface area contributed by atoms with Crippen molar-refractivity contribution >= 4 is 34.5 Å². The Kier molecular flexibility index (Phi) is 6.37. The van der Waals surface area contributed by atoms with Crippen LogP contribution in [0.1, 0.15) is 40.0 Å². The highest BCUT2D eigenvalue weighted by Gasteiger charge is 2.29. The second-order valence-electron chi connectivity index (χ2n) is 7.78. The standard InChI is InChI=1S/C24H23N5O2S/c1-15-3-4-18(11-27-15)16(2)17-5-6-22-21(9-17)20(7-8-26-22)24(31)28-12-23(30)29-14-32-13-19(29)10-25/h3-9,11,16,19H,12-14H2,1-2H3,(H,28,31)/t16-,19+/m0/s1. The number of aryl methyl sites for hydroxylation is 1. The molecule has 2 atom stereocenters. The van der Waals surface area contributed by atoms with Gasteiger partial charge in [0.1, 0.15) is 6.04 Å². The Morgan fingerprint density at radius 2 is 2.06 bits per heavy atom. The molecule has 8 heteroatoms. The molecule has 32 heavy (non-hydrogen) atoms. The molecule has 0 spiro atoms. The van der Waals surface area contributed by atoms with Crippen LogP contribution in [0.25, 0.3) is 10.9 Å². The van der Waals surface area contributed by atoms with Gasteiger partial charge >= 0.3 is 0 Å². The number of pyridine rings is 2. The molecule has 3 heterocycles. The summed E-state index contributed by atoms with van der Waals surface area (Å²) in [6.07, 6.45) is 3.46. The minimum atomic E-state index is -0.438. The van der Waals surface area contributed by atoms with Crippen LogP contribution in [0.5, 0.6) is 0 Å². The van der Waals surface area contributed by atoms with Gasteiger partial charge in [-0.2, -0.15) is 5.26 Å². The van der Waals surface area contributed by atoms with Crippen molar-refractivity contribution < 1.29 is 9.59 Å². The zero-order valence-corrected chi connectivity index (χ0v) is 18.7. The van der Waals surface area contributed by atoms with Crippen LogP contribution >= 0.6 is 11.8 Å². The molecule has 0 radical (unpaired) electrons. The fourth-order valence-corrected chi connectivity index (χ4v) is 4.81. The number of hydrogen-bond acceptors (Lipinski definition) is 6. The third-order valence-corrected chi connectivity index (χ3v) is 6.71. The maximum atomic E-state index is 12.9. The lowest BCUT2D eigenvalue weighted by Gasteiger charge is -2.19. The number of amides is 2. The number of benzene rings is 1. The van der Waals surface area contributed by atoms with Crippen molar-refractivity contribution in [3.63, 3.8) is 0 Å². The predicted octanol–water partition coefficient (Wildman–Crippen LogP) is 3.24. The summed E-state index contributed by atoms with van der Waals surface area (Å²) in [4.78, 5) is 35.7. The van der Waals surface area contributed by atoms with E-state index < -0.39 is 6.04 Å². The third-order valence-electron chi connectivity index (χ3n) is 5.70. The molecule has 1 saturated heterocycles. The first kappa shape index (κ1) is 21.8. The van der Waals surface area contributed by atoms with Crippen LogP contribution in [0.2, 0.25) is 0 Å². The average Bonchev–Trinajstić information content (AvgIpc) is 3.30. The van der Waals surface area contributed by atoms with Crippen LogP contribution < -0.4 is 5.32 Å². The van der Waals surface area contributed by atoms with E-state index in [-0.39, 0.29) is 24.3 Å². The number of aromatic nitrogens is 2. The molecule has 1 fully saturated rings. The number of carbonyl (C=O) groups excluding carboxylic acids is 2. The number of nitrogens with zero attached hydrogens (tertiary/aromatic N) is 4. The van der Waals surface area contributed by atoms with E-state index in [1.54, 1.807) is 12.3 Å². The molecule has 1 aromatic carbocycles. The van der Waals surface area contributed by atoms with Crippen LogP contribution in [-0.4, -0.2) is 50.9 Å². The topological polar surface area (TPSA) is 99.0 Å². The fraction of sp³-hybridized carbons (Fsp3) is 0.292. The fourth-order valence-electron chi connectivity index (χ4n) is 3.71. The Bertz CT molecular complexity index is 1210. The van der Waals surface area contributed by atoms with Gasteiger partial charge in [0, 0.05) is 35.1 Å². The van der Waals surface area contributed by atoms with Crippen LogP contribution in [-0.2, 0) is 4.79 Å². The molecule has 0 saturated carbocycles. The van der Waals surface area contributed by atoms with Crippen molar-refractivity contribution in [1.29, 1.82) is 5.26 Å². The summed E-state index contributed by atoms with van der Waals surface area (Å²) >= 11 is 1.54. The van der Waals surface area contributed by atoms with Gasteiger partial charge in [0.15, 0.2) is 0 Å². The largest absolute Gasteiger partial charge is 0.343 e. The Morgan fingerprint density at radius 1 is 1.25 bits per heavy atom. The van der Waals surface area contributed by atoms with E-state index in [1.807, 2.05) is 37.4 Å². The van der Waals surface area contributed by atoms with Crippen LogP contribution in [0.15, 0.2) is 48.8 Å². The van der Waals surface area contributed by atoms with E-state index in [1.165, 1.54) is 16.7 Å². The Balaban J connectivity index is 1.55. The second kappa shape index (κ2) is 9.37. The molecule has 2 amide bonds. The van der Waals surface area contributed by atoms with E-state index in [2.05, 4.69) is 34.3 Å². The van der Waals surface area contributed by atoms with Crippen molar-refractivity contribution in [2.24, 2.45) is 0 Å². The summed E-state index contributed by atoms with van der Waals surface area (Å²) in [5.74, 6) is 0.575. The molecule has 0 unspecified atom stereocenters. The minimum absolute atomic E-state index is 0.0979. The molecule has 2 aromatic heterocycles. The Labute approximate surface area is 190 Å². The average molecular weight is 446 g/mol. The van der Waals surface area contributed by atoms with E-state index in [9.17, 15) is 14.9 Å². The first-order valence-corrected chi connectivity index (χ1v) is 11.5. The summed E-state index contributed by atoms with van der Waals surface area (Å²) in [6.45, 7) is 3.91. The second-order valence-corrected chi connectivity index (χ2v) is 8.78. The smallest absolute Gasteiger partial charge is 0.252 e. The lowest BCUT2D eigenvalue weighted by Crippen LogP contribution is -2.42. The first-order chi connectivity index (χ1) is 15.5. The highest BCUT2D eigenvalue weighted by Crippen LogP contribution is 2.28. The van der Waals surface area contributed by atoms with Gasteiger partial charge in [0.05, 0.1) is 29.6 Å². The zero-order chi connectivity index (χ0) is 22.7. The highest BCUT2D eigenvalue weighted by atomic mass is 32.2. The van der Waals surface area contributed by atoms with Crippen LogP contribution in [0.3, 0.4) is 0 Å². The van der Waals surface area contributed by atoms with Gasteiger partial charge in [-0.25, -0.2) is 0 Å². The quantitative estimate of drug-likeness (QED) is 0.647. The Hall–Kier alpha value is -3.44. The molecule has 1 aliphatic rings. The molecule has 3 aromatic rings. The van der Waals surface area contributed by atoms with Gasteiger partial charge in [-0.15, -0.1) is 11.8 Å². The molecule has 1 N–H and O–H groups in total. The van der Waals surface area contributed by atoms with Crippen molar-refractivity contribution in [2.45, 2.75) is 25.8 Å². The summed E-state index contributed by atoms with van der Waals surface area (Å²) in [6, 6.07) is 13.3. The summed E-state index contributed by atoms with van der Waals surface area (Å²) in [7, 11) is 0. The van der Waals surface area contributed by atoms with E-state index in [4.69, 9.17) is 0 Å². The van der Waals surface area contributed by atoms with Gasteiger partial charge < -0.3 is 10.2 Å². The summed E-state index contributed by atoms with van der Waals surface area (Å²) < 4.78 is 0. The SMILES string of the molecule is Cc1ccc([C@@H](C)c2ccc3nccc(C(=O)NCC(=O)N4CSC[C@H]4C#N)c3c2)cn1. The Morgan fingerprint density at radius 3 is 2.81 bits per heavy atom. The van der Waals surface area contributed by atoms with Crippen molar-refractivity contribution in [3.8, 4) is 6.07 Å². The third kappa shape index (κ3) is 4.43. The monoisotopic (exact) mass is 445 g/mol. The lowest BCUT2D eigenvalue weighted by molar-refractivity contribution is -0.129. The first-order valence-electron chi connectivity index (χ1n) is 10.3. The molecular weight excluding hydrogens is 422 g/mol. The van der Waals surface area contributed by atoms with Gasteiger partial charge in [-0.1, -0.05) is 19.1 Å². The predicted molar refractivity (Wildman–Crippen MR) is 124 cm³/mol. The zero-order valence-electron chi connectivity index (χ0n) is 17.9. The molecule has 1 aliphatic heterocycles. The number of nitrogens with one attached hydrogen (secondary N) is 1. The van der Waals surface area contributed by atoms with Crippen LogP contribution in [0.4, 0.5) is 0 Å². The minimum Gasteiger partial charge on any atom is -0.343 e. The molecule has 0 aliphatic carbocycles. The normalized spacial score (nSPS) is 16.5. The van der Waals surface area contributed by atoms with Gasteiger partial charge in [0.2, 0.25) is 5.91 Å². The summed E-state index contributed by atoms with van der Waals surface area (Å²) in [5.41, 5.74) is 4.28. The van der Waals surface area contributed by atoms with Crippen molar-refractivity contribution in [2.75, 3.05) is 18.2 Å². The van der Waals surface area contributed by atoms with Gasteiger partial charge in [-0.05, 0) is 42.3 Å². The molecule has 7 nitrogen and oxygen atoms in total. The number of hydrogen-bond donors (Lipinski definition) is 1. The van der Waals surface area contributed by atoms with E-state index in [0.717, 1.165) is 22.2 Å². The molecule has 4 rings (SSSR count). The van der Waals surface area contributed by atoms with Crippen molar-refractivity contribution in [3.05, 3.63) is 71.2 Å². The van der Waals surface area contributed by atoms with E-state index in [0.29, 0.717) is 22.7 Å². The van der Waals surface area contributed by atoms with E-state index >= 15 is 0 Å². The maximum absolute atomic E-state index is 12.9. The molecule has 0 bridgehead atoms. The lowest BCUT2D eigenvalue weighted by atomic mass is 9.92. The highest BCUT2D eigenvalue weighted by molar-refractivity contribution is 7.99. The summed E-state index contributed by atoms with van der Waals surface area (Å²) in [5, 5.41) is 12.6. The van der Waals surface area contributed by atoms with Crippen molar-refractivity contribution in [1.82, 2.24) is 20.2 Å². The number of thioether (sulfide) groups is 1. The number of nitriles is 1. The van der Waals surface area contributed by atoms with Gasteiger partial charge in [0.25, 0.3) is 5.91 Å². The van der Waals surface area contributed by atoms with Gasteiger partial charge in [-0.3, -0.25) is 19.6 Å². The number of rotatable bonds is 5. The maximum Gasteiger partial charge on any atom is 0.252 e. The number of fused-ring (bicyclic) bond motifs is 1. The number of carbonyl (C=O) groups is 2. The molecular formula is C24H23N5O2S. The molecule has 162 valence electrons. The van der Waals surface area contributed by atoms with Crippen LogP contribution in [0, 0.1) is 18.3 Å².